The number of carbonyl (C=O) groups excluding carboxylic acids is 1. The molecule has 0 spiro atoms. The summed E-state index contributed by atoms with van der Waals surface area (Å²) in [6.07, 6.45) is 5.18. The number of pyridine rings is 2. The number of nitrogens with one attached hydrogen (secondary N) is 1. The number of fused-ring (bicyclic) bond motifs is 2. The van der Waals surface area contributed by atoms with Gasteiger partial charge in [0, 0.05) is 47.7 Å². The standard InChI is InChI=1S/C27H27N5OS/c1-3-23-27(31(2)18-22-16-19-8-4-5-10-24(19)34-22)32-17-20(11-12-25(32)30-23)26(33)29-15-13-21-9-6-7-14-28-21/h4-12,14,16-17H,3,13,15,18H2,1-2H3,(H,29,33). The molecule has 0 radical (unpaired) electrons. The van der Waals surface area contributed by atoms with Crippen molar-refractivity contribution in [1.29, 1.82) is 0 Å². The number of aryl methyl sites for hydroxylation is 1. The first kappa shape index (κ1) is 22.1. The first-order valence-corrected chi connectivity index (χ1v) is 12.3. The average molecular weight is 470 g/mol. The van der Waals surface area contributed by atoms with E-state index in [2.05, 4.69) is 59.5 Å². The summed E-state index contributed by atoms with van der Waals surface area (Å²) in [5.41, 5.74) is 3.45. The maximum Gasteiger partial charge on any atom is 0.252 e. The third kappa shape index (κ3) is 4.52. The Bertz CT molecular complexity index is 1410. The molecule has 7 heteroatoms. The number of rotatable bonds is 8. The minimum Gasteiger partial charge on any atom is -0.354 e. The van der Waals surface area contributed by atoms with Crippen molar-refractivity contribution in [3.63, 3.8) is 0 Å². The number of imidazole rings is 1. The molecular weight excluding hydrogens is 442 g/mol. The zero-order valence-electron chi connectivity index (χ0n) is 19.4. The molecule has 0 unspecified atom stereocenters. The van der Waals surface area contributed by atoms with E-state index >= 15 is 0 Å². The SMILES string of the molecule is CCc1nc2ccc(C(=O)NCCc3ccccn3)cn2c1N(C)Cc1cc2ccccc2s1. The predicted molar refractivity (Wildman–Crippen MR) is 139 cm³/mol. The Balaban J connectivity index is 1.37. The van der Waals surface area contributed by atoms with Gasteiger partial charge in [0.2, 0.25) is 0 Å². The van der Waals surface area contributed by atoms with Crippen molar-refractivity contribution >= 4 is 38.8 Å². The van der Waals surface area contributed by atoms with E-state index in [-0.39, 0.29) is 5.91 Å². The molecule has 1 N–H and O–H groups in total. The Hall–Kier alpha value is -3.71. The topological polar surface area (TPSA) is 62.5 Å². The van der Waals surface area contributed by atoms with Gasteiger partial charge < -0.3 is 10.2 Å². The molecule has 0 aliphatic rings. The Morgan fingerprint density at radius 3 is 2.76 bits per heavy atom. The van der Waals surface area contributed by atoms with E-state index in [1.165, 1.54) is 15.0 Å². The van der Waals surface area contributed by atoms with Crippen LogP contribution in [0.15, 0.2) is 73.1 Å². The molecule has 0 saturated carbocycles. The fourth-order valence-corrected chi connectivity index (χ4v) is 5.35. The second-order valence-electron chi connectivity index (χ2n) is 8.32. The fourth-order valence-electron chi connectivity index (χ4n) is 4.23. The number of nitrogens with zero attached hydrogens (tertiary/aromatic N) is 4. The van der Waals surface area contributed by atoms with Gasteiger partial charge in [0.1, 0.15) is 11.5 Å². The lowest BCUT2D eigenvalue weighted by molar-refractivity contribution is 0.0953. The number of hydrogen-bond acceptors (Lipinski definition) is 5. The van der Waals surface area contributed by atoms with Crippen LogP contribution in [0.5, 0.6) is 0 Å². The van der Waals surface area contributed by atoms with Gasteiger partial charge >= 0.3 is 0 Å². The van der Waals surface area contributed by atoms with Crippen LogP contribution in [0.1, 0.15) is 33.5 Å². The normalized spacial score (nSPS) is 11.2. The van der Waals surface area contributed by atoms with Gasteiger partial charge in [-0.2, -0.15) is 0 Å². The van der Waals surface area contributed by atoms with Gasteiger partial charge in [-0.3, -0.25) is 14.2 Å². The second-order valence-corrected chi connectivity index (χ2v) is 9.48. The zero-order chi connectivity index (χ0) is 23.5. The molecule has 0 fully saturated rings. The van der Waals surface area contributed by atoms with Crippen molar-refractivity contribution < 1.29 is 4.79 Å². The second kappa shape index (κ2) is 9.65. The van der Waals surface area contributed by atoms with Gasteiger partial charge in [0.15, 0.2) is 0 Å². The zero-order valence-corrected chi connectivity index (χ0v) is 20.2. The van der Waals surface area contributed by atoms with E-state index in [1.807, 2.05) is 52.3 Å². The summed E-state index contributed by atoms with van der Waals surface area (Å²) >= 11 is 1.82. The van der Waals surface area contributed by atoms with Crippen molar-refractivity contribution in [3.8, 4) is 0 Å². The number of benzene rings is 1. The molecule has 0 bridgehead atoms. The van der Waals surface area contributed by atoms with E-state index in [0.717, 1.165) is 35.8 Å². The van der Waals surface area contributed by atoms with Crippen LogP contribution in [0, 0.1) is 0 Å². The molecule has 6 nitrogen and oxygen atoms in total. The lowest BCUT2D eigenvalue weighted by Gasteiger charge is -2.19. The summed E-state index contributed by atoms with van der Waals surface area (Å²) in [7, 11) is 2.09. The highest BCUT2D eigenvalue weighted by Crippen LogP contribution is 2.29. The first-order valence-electron chi connectivity index (χ1n) is 11.5. The molecule has 4 heterocycles. The average Bonchev–Trinajstić information content (AvgIpc) is 3.44. The van der Waals surface area contributed by atoms with Crippen LogP contribution in [0.25, 0.3) is 15.7 Å². The van der Waals surface area contributed by atoms with Gasteiger partial charge in [0.05, 0.1) is 17.8 Å². The van der Waals surface area contributed by atoms with Crippen LogP contribution < -0.4 is 10.2 Å². The maximum atomic E-state index is 12.8. The van der Waals surface area contributed by atoms with Crippen LogP contribution in [0.4, 0.5) is 5.82 Å². The molecular formula is C27H27N5OS. The van der Waals surface area contributed by atoms with Crippen LogP contribution >= 0.6 is 11.3 Å². The molecule has 0 atom stereocenters. The fraction of sp³-hybridized carbons (Fsp3) is 0.222. The summed E-state index contributed by atoms with van der Waals surface area (Å²) in [5, 5.41) is 4.28. The van der Waals surface area contributed by atoms with Crippen LogP contribution in [-0.2, 0) is 19.4 Å². The van der Waals surface area contributed by atoms with E-state index in [0.29, 0.717) is 18.5 Å². The number of amides is 1. The number of carbonyl (C=O) groups is 1. The highest BCUT2D eigenvalue weighted by Gasteiger charge is 2.18. The molecule has 4 aromatic heterocycles. The maximum absolute atomic E-state index is 12.8. The summed E-state index contributed by atoms with van der Waals surface area (Å²) in [6.45, 7) is 3.43. The van der Waals surface area contributed by atoms with E-state index in [4.69, 9.17) is 4.98 Å². The first-order chi connectivity index (χ1) is 16.6. The lowest BCUT2D eigenvalue weighted by Crippen LogP contribution is -2.26. The third-order valence-electron chi connectivity index (χ3n) is 5.88. The van der Waals surface area contributed by atoms with Gasteiger partial charge in [0.25, 0.3) is 5.91 Å². The quantitative estimate of drug-likeness (QED) is 0.343. The number of thiophene rings is 1. The van der Waals surface area contributed by atoms with Gasteiger partial charge in [-0.25, -0.2) is 4.98 Å². The smallest absolute Gasteiger partial charge is 0.252 e. The monoisotopic (exact) mass is 469 g/mol. The molecule has 1 amide bonds. The Morgan fingerprint density at radius 2 is 1.97 bits per heavy atom. The summed E-state index contributed by atoms with van der Waals surface area (Å²) in [4.78, 5) is 25.5. The highest BCUT2D eigenvalue weighted by atomic mass is 32.1. The number of hydrogen-bond donors (Lipinski definition) is 1. The van der Waals surface area contributed by atoms with Crippen LogP contribution in [0.2, 0.25) is 0 Å². The largest absolute Gasteiger partial charge is 0.354 e. The van der Waals surface area contributed by atoms with Gasteiger partial charge in [-0.1, -0.05) is 31.2 Å². The van der Waals surface area contributed by atoms with Gasteiger partial charge in [-0.15, -0.1) is 11.3 Å². The van der Waals surface area contributed by atoms with Crippen LogP contribution in [-0.4, -0.2) is 33.9 Å². The minimum atomic E-state index is -0.0947. The molecule has 0 aliphatic heterocycles. The lowest BCUT2D eigenvalue weighted by atomic mass is 10.2. The molecule has 1 aromatic carbocycles. The number of aromatic nitrogens is 3. The molecule has 5 aromatic rings. The Morgan fingerprint density at radius 1 is 1.12 bits per heavy atom. The summed E-state index contributed by atoms with van der Waals surface area (Å²) in [5.74, 6) is 0.931. The van der Waals surface area contributed by atoms with Crippen molar-refractivity contribution in [2.24, 2.45) is 0 Å². The van der Waals surface area contributed by atoms with E-state index in [1.54, 1.807) is 6.20 Å². The molecule has 172 valence electrons. The highest BCUT2D eigenvalue weighted by molar-refractivity contribution is 7.19. The Kier molecular flexibility index (Phi) is 6.27. The van der Waals surface area contributed by atoms with Crippen LogP contribution in [0.3, 0.4) is 0 Å². The van der Waals surface area contributed by atoms with E-state index in [9.17, 15) is 4.79 Å². The van der Waals surface area contributed by atoms with Crippen molar-refractivity contribution in [3.05, 3.63) is 94.9 Å². The molecule has 0 aliphatic carbocycles. The summed E-state index contributed by atoms with van der Waals surface area (Å²) < 4.78 is 3.34. The number of anilines is 1. The van der Waals surface area contributed by atoms with E-state index < -0.39 is 0 Å². The molecule has 0 saturated heterocycles. The molecule has 34 heavy (non-hydrogen) atoms. The predicted octanol–water partition coefficient (Wildman–Crippen LogP) is 5.12. The minimum absolute atomic E-state index is 0.0947. The van der Waals surface area contributed by atoms with Crippen molar-refractivity contribution in [2.45, 2.75) is 26.3 Å². The Labute approximate surface area is 202 Å². The van der Waals surface area contributed by atoms with Gasteiger partial charge in [-0.05, 0) is 48.2 Å². The summed E-state index contributed by atoms with van der Waals surface area (Å²) in [6, 6.07) is 20.3. The van der Waals surface area contributed by atoms with Crippen molar-refractivity contribution in [1.82, 2.24) is 19.7 Å². The molecule has 5 rings (SSSR count). The van der Waals surface area contributed by atoms with Crippen molar-refractivity contribution in [2.75, 3.05) is 18.5 Å². The third-order valence-corrected chi connectivity index (χ3v) is 6.98.